The summed E-state index contributed by atoms with van der Waals surface area (Å²) in [6, 6.07) is 7.08. The fourth-order valence-electron chi connectivity index (χ4n) is 1.58. The summed E-state index contributed by atoms with van der Waals surface area (Å²) in [5.74, 6) is 0. The molecule has 1 fully saturated rings. The van der Waals surface area contributed by atoms with Crippen LogP contribution in [0.2, 0.25) is 0 Å². The van der Waals surface area contributed by atoms with E-state index in [1.165, 1.54) is 0 Å². The standard InChI is InChI=1S/C9H11BO4/c11-10(12)8-4-2-1-3-7(8)9-5-6-13-14-9/h1-4,9,11-12H,5-6H2. The molecule has 1 unspecified atom stereocenters. The zero-order valence-electron chi connectivity index (χ0n) is 7.59. The van der Waals surface area contributed by atoms with Gasteiger partial charge in [0.1, 0.15) is 6.10 Å². The number of rotatable bonds is 2. The molecule has 1 aromatic rings. The molecule has 0 amide bonds. The van der Waals surface area contributed by atoms with Gasteiger partial charge in [0.25, 0.3) is 0 Å². The third-order valence-electron chi connectivity index (χ3n) is 2.27. The first-order chi connectivity index (χ1) is 6.79. The maximum atomic E-state index is 9.12. The average molecular weight is 194 g/mol. The van der Waals surface area contributed by atoms with Crippen LogP contribution < -0.4 is 5.46 Å². The number of hydrogen-bond acceptors (Lipinski definition) is 4. The van der Waals surface area contributed by atoms with Crippen molar-refractivity contribution < 1.29 is 19.8 Å². The van der Waals surface area contributed by atoms with Gasteiger partial charge in [0.15, 0.2) is 0 Å². The fraction of sp³-hybridized carbons (Fsp3) is 0.333. The summed E-state index contributed by atoms with van der Waals surface area (Å²) in [5.41, 5.74) is 1.25. The maximum absolute atomic E-state index is 9.12. The molecule has 0 bridgehead atoms. The van der Waals surface area contributed by atoms with Crippen LogP contribution in [0.1, 0.15) is 18.1 Å². The maximum Gasteiger partial charge on any atom is 0.488 e. The Hall–Kier alpha value is -0.875. The van der Waals surface area contributed by atoms with Gasteiger partial charge in [-0.25, -0.2) is 9.78 Å². The Labute approximate surface area is 82.2 Å². The molecule has 0 saturated carbocycles. The van der Waals surface area contributed by atoms with E-state index in [1.54, 1.807) is 12.1 Å². The van der Waals surface area contributed by atoms with Crippen LogP contribution in [0.15, 0.2) is 24.3 Å². The van der Waals surface area contributed by atoms with Gasteiger partial charge < -0.3 is 10.0 Å². The molecular weight excluding hydrogens is 183 g/mol. The summed E-state index contributed by atoms with van der Waals surface area (Å²) in [6.45, 7) is 0.542. The van der Waals surface area contributed by atoms with E-state index in [0.29, 0.717) is 12.1 Å². The SMILES string of the molecule is OB(O)c1ccccc1C1CCOO1. The third-order valence-corrected chi connectivity index (χ3v) is 2.27. The molecule has 14 heavy (non-hydrogen) atoms. The van der Waals surface area contributed by atoms with Crippen LogP contribution in [0.4, 0.5) is 0 Å². The van der Waals surface area contributed by atoms with Crippen molar-refractivity contribution in [3.63, 3.8) is 0 Å². The van der Waals surface area contributed by atoms with Crippen molar-refractivity contribution >= 4 is 12.6 Å². The van der Waals surface area contributed by atoms with E-state index in [0.717, 1.165) is 12.0 Å². The molecule has 0 aliphatic carbocycles. The van der Waals surface area contributed by atoms with Gasteiger partial charge >= 0.3 is 7.12 Å². The Morgan fingerprint density at radius 1 is 1.29 bits per heavy atom. The molecule has 1 saturated heterocycles. The van der Waals surface area contributed by atoms with Crippen molar-refractivity contribution in [1.82, 2.24) is 0 Å². The van der Waals surface area contributed by atoms with Crippen molar-refractivity contribution in [2.45, 2.75) is 12.5 Å². The van der Waals surface area contributed by atoms with E-state index >= 15 is 0 Å². The van der Waals surface area contributed by atoms with E-state index in [-0.39, 0.29) is 6.10 Å². The molecule has 1 aliphatic rings. The molecule has 2 rings (SSSR count). The van der Waals surface area contributed by atoms with Crippen LogP contribution in [-0.4, -0.2) is 23.8 Å². The highest BCUT2D eigenvalue weighted by Crippen LogP contribution is 2.25. The lowest BCUT2D eigenvalue weighted by Gasteiger charge is -2.12. The van der Waals surface area contributed by atoms with Crippen molar-refractivity contribution in [1.29, 1.82) is 0 Å². The van der Waals surface area contributed by atoms with Gasteiger partial charge in [-0.05, 0) is 11.0 Å². The molecule has 74 valence electrons. The van der Waals surface area contributed by atoms with Crippen LogP contribution in [0.25, 0.3) is 0 Å². The average Bonchev–Trinajstić information content (AvgIpc) is 2.70. The fourth-order valence-corrected chi connectivity index (χ4v) is 1.58. The summed E-state index contributed by atoms with van der Waals surface area (Å²) in [6.07, 6.45) is 0.553. The van der Waals surface area contributed by atoms with Crippen LogP contribution in [0.5, 0.6) is 0 Å². The largest absolute Gasteiger partial charge is 0.488 e. The van der Waals surface area contributed by atoms with Crippen LogP contribution >= 0.6 is 0 Å². The first kappa shape index (κ1) is 9.67. The van der Waals surface area contributed by atoms with E-state index in [2.05, 4.69) is 0 Å². The van der Waals surface area contributed by atoms with Crippen molar-refractivity contribution in [3.8, 4) is 0 Å². The molecule has 0 radical (unpaired) electrons. The molecule has 0 aromatic heterocycles. The number of benzene rings is 1. The monoisotopic (exact) mass is 194 g/mol. The zero-order valence-corrected chi connectivity index (χ0v) is 7.59. The van der Waals surface area contributed by atoms with E-state index in [9.17, 15) is 0 Å². The van der Waals surface area contributed by atoms with Gasteiger partial charge in [0.05, 0.1) is 6.61 Å². The molecule has 1 aromatic carbocycles. The molecule has 1 atom stereocenters. The van der Waals surface area contributed by atoms with Gasteiger partial charge in [-0.2, -0.15) is 0 Å². The second-order valence-corrected chi connectivity index (χ2v) is 3.20. The van der Waals surface area contributed by atoms with Gasteiger partial charge in [-0.3, -0.25) is 0 Å². The van der Waals surface area contributed by atoms with Gasteiger partial charge in [0, 0.05) is 6.42 Å². The Bertz CT molecular complexity index is 309. The van der Waals surface area contributed by atoms with Crippen molar-refractivity contribution in [3.05, 3.63) is 29.8 Å². The Balaban J connectivity index is 2.30. The second kappa shape index (κ2) is 4.10. The summed E-state index contributed by atoms with van der Waals surface area (Å²) in [7, 11) is -1.46. The second-order valence-electron chi connectivity index (χ2n) is 3.20. The van der Waals surface area contributed by atoms with Crippen LogP contribution in [0, 0.1) is 0 Å². The van der Waals surface area contributed by atoms with Crippen molar-refractivity contribution in [2.75, 3.05) is 6.61 Å². The first-order valence-electron chi connectivity index (χ1n) is 4.52. The van der Waals surface area contributed by atoms with E-state index in [4.69, 9.17) is 19.8 Å². The smallest absolute Gasteiger partial charge is 0.423 e. The van der Waals surface area contributed by atoms with Crippen LogP contribution in [-0.2, 0) is 9.78 Å². The van der Waals surface area contributed by atoms with Crippen molar-refractivity contribution in [2.24, 2.45) is 0 Å². The Morgan fingerprint density at radius 2 is 2.07 bits per heavy atom. The van der Waals surface area contributed by atoms with Gasteiger partial charge in [0.2, 0.25) is 0 Å². The summed E-state index contributed by atoms with van der Waals surface area (Å²) < 4.78 is 0. The highest BCUT2D eigenvalue weighted by Gasteiger charge is 2.25. The lowest BCUT2D eigenvalue weighted by molar-refractivity contribution is -0.276. The van der Waals surface area contributed by atoms with Gasteiger partial charge in [-0.1, -0.05) is 24.3 Å². The normalized spacial score (nSPS) is 21.1. The minimum Gasteiger partial charge on any atom is -0.423 e. The highest BCUT2D eigenvalue weighted by molar-refractivity contribution is 6.59. The first-order valence-corrected chi connectivity index (χ1v) is 4.52. The lowest BCUT2D eigenvalue weighted by Crippen LogP contribution is -2.33. The lowest BCUT2D eigenvalue weighted by atomic mass is 9.75. The Morgan fingerprint density at radius 3 is 2.71 bits per heavy atom. The quantitative estimate of drug-likeness (QED) is 0.503. The molecule has 2 N–H and O–H groups in total. The minimum atomic E-state index is -1.46. The summed E-state index contributed by atoms with van der Waals surface area (Å²) >= 11 is 0. The molecule has 4 nitrogen and oxygen atoms in total. The zero-order chi connectivity index (χ0) is 9.97. The molecule has 0 spiro atoms. The predicted molar refractivity (Wildman–Crippen MR) is 50.7 cm³/mol. The summed E-state index contributed by atoms with van der Waals surface area (Å²) in [4.78, 5) is 9.79. The molecule has 5 heteroatoms. The molecule has 1 aliphatic heterocycles. The molecule has 1 heterocycles. The van der Waals surface area contributed by atoms with E-state index in [1.807, 2.05) is 12.1 Å². The van der Waals surface area contributed by atoms with Gasteiger partial charge in [-0.15, -0.1) is 0 Å². The third kappa shape index (κ3) is 1.81. The van der Waals surface area contributed by atoms with Crippen LogP contribution in [0.3, 0.4) is 0 Å². The predicted octanol–water partition coefficient (Wildman–Crippen LogP) is -0.241. The highest BCUT2D eigenvalue weighted by atomic mass is 17.2. The van der Waals surface area contributed by atoms with E-state index < -0.39 is 7.12 Å². The summed E-state index contributed by atoms with van der Waals surface area (Å²) in [5, 5.41) is 18.2. The minimum absolute atomic E-state index is 0.187. The Kier molecular flexibility index (Phi) is 2.83. The number of hydrogen-bond donors (Lipinski definition) is 2. The molecular formula is C9H11BO4. The topological polar surface area (TPSA) is 58.9 Å².